The summed E-state index contributed by atoms with van der Waals surface area (Å²) in [6.07, 6.45) is 16.1. The second-order valence-electron chi connectivity index (χ2n) is 12.9. The smallest absolute Gasteiger partial charge is 0.0648 e. The summed E-state index contributed by atoms with van der Waals surface area (Å²) in [6, 6.07) is 0. The van der Waals surface area contributed by atoms with Crippen LogP contribution in [-0.4, -0.2) is 21.9 Å². The van der Waals surface area contributed by atoms with Crippen molar-refractivity contribution in [1.82, 2.24) is 0 Å². The first-order valence-electron chi connectivity index (χ1n) is 13.5. The minimum atomic E-state index is -0.375. The maximum atomic E-state index is 11.0. The molecule has 174 valence electrons. The Bertz CT molecular complexity index is 601. The maximum absolute atomic E-state index is 11.0. The molecule has 0 spiro atoms. The van der Waals surface area contributed by atoms with E-state index in [4.69, 9.17) is 0 Å². The van der Waals surface area contributed by atoms with Gasteiger partial charge in [-0.05, 0) is 124 Å². The molecule has 2 heteroatoms. The van der Waals surface area contributed by atoms with Crippen LogP contribution in [0.5, 0.6) is 0 Å². The zero-order valence-electron chi connectivity index (χ0n) is 20.6. The Morgan fingerprint density at radius 1 is 0.867 bits per heavy atom. The second-order valence-corrected chi connectivity index (χ2v) is 12.9. The Morgan fingerprint density at radius 2 is 1.60 bits per heavy atom. The van der Waals surface area contributed by atoms with Crippen LogP contribution >= 0.6 is 0 Å². The fourth-order valence-corrected chi connectivity index (χ4v) is 9.56. The van der Waals surface area contributed by atoms with Gasteiger partial charge in [0.1, 0.15) is 0 Å². The predicted molar refractivity (Wildman–Crippen MR) is 125 cm³/mol. The summed E-state index contributed by atoms with van der Waals surface area (Å²) >= 11 is 0. The minimum Gasteiger partial charge on any atom is -0.393 e. The van der Waals surface area contributed by atoms with Crippen molar-refractivity contribution in [2.45, 2.75) is 130 Å². The summed E-state index contributed by atoms with van der Waals surface area (Å²) in [4.78, 5) is 0. The van der Waals surface area contributed by atoms with Gasteiger partial charge in [0.05, 0.1) is 11.7 Å². The fraction of sp³-hybridized carbons (Fsp3) is 1.00. The molecule has 0 heterocycles. The van der Waals surface area contributed by atoms with Crippen molar-refractivity contribution in [2.24, 2.45) is 46.3 Å². The standard InChI is InChI=1S/C28H50O2/c1-6-28(30)17-16-26(4)21(18-28)10-11-22-24-13-12-23(19(2)8-7-9-20(3)29)27(24,5)15-14-25(22)26/h19-25,29-30H,6-18H2,1-5H3/t19-,20+,21+,22+,23-,24+,25+,26+,27-,28+/m1/s1. The summed E-state index contributed by atoms with van der Waals surface area (Å²) in [5.41, 5.74) is 0.653. The number of hydrogen-bond donors (Lipinski definition) is 2. The molecule has 4 rings (SSSR count). The van der Waals surface area contributed by atoms with Gasteiger partial charge in [0.15, 0.2) is 0 Å². The SMILES string of the molecule is CC[C@]1(O)CC[C@@]2(C)[C@@H](CC[C@@H]3[C@@H]2CC[C@]2(C)[C@@H]([C@H](C)CCC[C@H](C)O)CC[C@@H]32)C1. The van der Waals surface area contributed by atoms with E-state index >= 15 is 0 Å². The van der Waals surface area contributed by atoms with E-state index in [0.29, 0.717) is 10.8 Å². The van der Waals surface area contributed by atoms with Gasteiger partial charge in [0.2, 0.25) is 0 Å². The monoisotopic (exact) mass is 418 g/mol. The highest BCUT2D eigenvalue weighted by Crippen LogP contribution is 2.69. The van der Waals surface area contributed by atoms with Gasteiger partial charge in [0, 0.05) is 0 Å². The number of aliphatic hydroxyl groups excluding tert-OH is 1. The van der Waals surface area contributed by atoms with Crippen LogP contribution in [0, 0.1) is 46.3 Å². The maximum Gasteiger partial charge on any atom is 0.0648 e. The quantitative estimate of drug-likeness (QED) is 0.489. The molecule has 0 aromatic heterocycles. The van der Waals surface area contributed by atoms with Crippen LogP contribution in [0.25, 0.3) is 0 Å². The van der Waals surface area contributed by atoms with Crippen molar-refractivity contribution in [3.05, 3.63) is 0 Å². The van der Waals surface area contributed by atoms with Crippen LogP contribution in [0.1, 0.15) is 118 Å². The van der Waals surface area contributed by atoms with Crippen LogP contribution in [0.3, 0.4) is 0 Å². The zero-order valence-corrected chi connectivity index (χ0v) is 20.6. The lowest BCUT2D eigenvalue weighted by Crippen LogP contribution is -2.56. The van der Waals surface area contributed by atoms with Gasteiger partial charge in [0.25, 0.3) is 0 Å². The lowest BCUT2D eigenvalue weighted by Gasteiger charge is -2.62. The van der Waals surface area contributed by atoms with Gasteiger partial charge < -0.3 is 10.2 Å². The second kappa shape index (κ2) is 8.36. The summed E-state index contributed by atoms with van der Waals surface area (Å²) in [5.74, 6) is 5.21. The van der Waals surface area contributed by atoms with E-state index in [1.54, 1.807) is 0 Å². The highest BCUT2D eigenvalue weighted by Gasteiger charge is 2.61. The van der Waals surface area contributed by atoms with Crippen LogP contribution in [0.2, 0.25) is 0 Å². The van der Waals surface area contributed by atoms with Crippen molar-refractivity contribution in [3.8, 4) is 0 Å². The third-order valence-electron chi connectivity index (χ3n) is 11.5. The molecule has 2 N–H and O–H groups in total. The number of aliphatic hydroxyl groups is 2. The lowest BCUT2D eigenvalue weighted by atomic mass is 9.43. The molecule has 4 aliphatic carbocycles. The topological polar surface area (TPSA) is 40.5 Å². The number of hydrogen-bond acceptors (Lipinski definition) is 2. The molecule has 4 saturated carbocycles. The van der Waals surface area contributed by atoms with Gasteiger partial charge in [-0.3, -0.25) is 0 Å². The van der Waals surface area contributed by atoms with Gasteiger partial charge in [-0.2, -0.15) is 0 Å². The molecule has 0 aliphatic heterocycles. The Kier molecular flexibility index (Phi) is 6.44. The Morgan fingerprint density at radius 3 is 2.30 bits per heavy atom. The lowest BCUT2D eigenvalue weighted by molar-refractivity contribution is -0.152. The fourth-order valence-electron chi connectivity index (χ4n) is 9.56. The molecule has 4 fully saturated rings. The average Bonchev–Trinajstić information content (AvgIpc) is 3.05. The molecular weight excluding hydrogens is 368 g/mol. The molecule has 0 saturated heterocycles. The van der Waals surface area contributed by atoms with E-state index in [1.165, 1.54) is 57.8 Å². The van der Waals surface area contributed by atoms with E-state index in [1.807, 2.05) is 6.92 Å². The van der Waals surface area contributed by atoms with Crippen LogP contribution < -0.4 is 0 Å². The number of rotatable bonds is 6. The molecule has 0 amide bonds. The molecule has 0 bridgehead atoms. The molecule has 2 nitrogen and oxygen atoms in total. The highest BCUT2D eigenvalue weighted by molar-refractivity contribution is 5.10. The molecule has 0 unspecified atom stereocenters. The van der Waals surface area contributed by atoms with E-state index in [9.17, 15) is 10.2 Å². The van der Waals surface area contributed by atoms with Crippen molar-refractivity contribution >= 4 is 0 Å². The molecular formula is C28H50O2. The average molecular weight is 419 g/mol. The first-order chi connectivity index (χ1) is 14.1. The van der Waals surface area contributed by atoms with E-state index in [0.717, 1.165) is 61.2 Å². The number of fused-ring (bicyclic) bond motifs is 5. The Labute approximate surface area is 186 Å². The molecule has 4 aliphatic rings. The third kappa shape index (κ3) is 3.81. The normalized spacial score (nSPS) is 50.3. The van der Waals surface area contributed by atoms with Crippen molar-refractivity contribution in [3.63, 3.8) is 0 Å². The van der Waals surface area contributed by atoms with Crippen molar-refractivity contribution in [2.75, 3.05) is 0 Å². The first-order valence-corrected chi connectivity index (χ1v) is 13.5. The summed E-state index contributed by atoms with van der Waals surface area (Å²) in [6.45, 7) is 11.9. The van der Waals surface area contributed by atoms with E-state index in [-0.39, 0.29) is 11.7 Å². The van der Waals surface area contributed by atoms with Crippen molar-refractivity contribution < 1.29 is 10.2 Å². The minimum absolute atomic E-state index is 0.142. The van der Waals surface area contributed by atoms with Crippen molar-refractivity contribution in [1.29, 1.82) is 0 Å². The summed E-state index contributed by atoms with van der Waals surface area (Å²) in [7, 11) is 0. The first kappa shape index (κ1) is 23.1. The van der Waals surface area contributed by atoms with Crippen LogP contribution in [-0.2, 0) is 0 Å². The Hall–Kier alpha value is -0.0800. The van der Waals surface area contributed by atoms with Gasteiger partial charge in [-0.1, -0.05) is 40.5 Å². The third-order valence-corrected chi connectivity index (χ3v) is 11.5. The summed E-state index contributed by atoms with van der Waals surface area (Å²) in [5, 5.41) is 20.7. The van der Waals surface area contributed by atoms with Gasteiger partial charge in [-0.25, -0.2) is 0 Å². The van der Waals surface area contributed by atoms with Gasteiger partial charge >= 0.3 is 0 Å². The Balaban J connectivity index is 1.46. The summed E-state index contributed by atoms with van der Waals surface area (Å²) < 4.78 is 0. The molecule has 10 atom stereocenters. The zero-order chi connectivity index (χ0) is 21.7. The van der Waals surface area contributed by atoms with Crippen LogP contribution in [0.15, 0.2) is 0 Å². The molecule has 0 aromatic carbocycles. The predicted octanol–water partition coefficient (Wildman–Crippen LogP) is 6.97. The van der Waals surface area contributed by atoms with Gasteiger partial charge in [-0.15, -0.1) is 0 Å². The molecule has 0 aromatic rings. The largest absolute Gasteiger partial charge is 0.393 e. The molecule has 0 radical (unpaired) electrons. The highest BCUT2D eigenvalue weighted by atomic mass is 16.3. The van der Waals surface area contributed by atoms with E-state index in [2.05, 4.69) is 27.7 Å². The van der Waals surface area contributed by atoms with Crippen LogP contribution in [0.4, 0.5) is 0 Å². The van der Waals surface area contributed by atoms with E-state index < -0.39 is 0 Å². The molecule has 30 heavy (non-hydrogen) atoms.